The van der Waals surface area contributed by atoms with Gasteiger partial charge in [0.25, 0.3) is 0 Å². The van der Waals surface area contributed by atoms with Gasteiger partial charge in [-0.15, -0.1) is 0 Å². The zero-order chi connectivity index (χ0) is 38.9. The number of imidazole rings is 1. The van der Waals surface area contributed by atoms with Gasteiger partial charge in [0, 0.05) is 39.1 Å². The Morgan fingerprint density at radius 1 is 0.373 bits per heavy atom. The summed E-state index contributed by atoms with van der Waals surface area (Å²) in [7, 11) is 0. The molecule has 276 valence electrons. The van der Waals surface area contributed by atoms with Gasteiger partial charge in [-0.2, -0.15) is 0 Å². The van der Waals surface area contributed by atoms with Crippen molar-refractivity contribution in [3.8, 4) is 73.9 Å². The molecular formula is C53H33N5O. The molecule has 59 heavy (non-hydrogen) atoms. The van der Waals surface area contributed by atoms with Crippen LogP contribution in [-0.2, 0) is 5.41 Å². The van der Waals surface area contributed by atoms with Crippen LogP contribution in [-0.4, -0.2) is 24.5 Å². The molecule has 1 aliphatic carbocycles. The Hall–Kier alpha value is -7.96. The van der Waals surface area contributed by atoms with Crippen molar-refractivity contribution >= 4 is 11.0 Å². The van der Waals surface area contributed by atoms with Gasteiger partial charge >= 0.3 is 0 Å². The first-order valence-corrected chi connectivity index (χ1v) is 19.8. The van der Waals surface area contributed by atoms with Gasteiger partial charge in [0.15, 0.2) is 17.5 Å². The molecule has 0 amide bonds. The van der Waals surface area contributed by atoms with E-state index >= 15 is 0 Å². The Labute approximate surface area is 340 Å². The first-order chi connectivity index (χ1) is 29.2. The lowest BCUT2D eigenvalue weighted by atomic mass is 9.66. The fourth-order valence-electron chi connectivity index (χ4n) is 9.17. The van der Waals surface area contributed by atoms with Gasteiger partial charge in [0.05, 0.1) is 16.4 Å². The summed E-state index contributed by atoms with van der Waals surface area (Å²) in [6.45, 7) is 0. The van der Waals surface area contributed by atoms with Gasteiger partial charge in [-0.25, -0.2) is 19.9 Å². The first kappa shape index (κ1) is 33.2. The standard InChI is InChI=1S/C53H33N5O/c1-4-16-34(17-5-1)49-55-50(35-18-6-2-7-19-35)57-51(56-49)37-28-30-40-39-22-10-11-23-41(39)53(43(40)32-37)42-24-12-15-27-47(42)59-48-31-29-38(33-44(48)53)58-46-26-14-13-25-45(46)54-52(58)36-20-8-3-9-21-36/h1-33H. The van der Waals surface area contributed by atoms with E-state index < -0.39 is 5.41 Å². The van der Waals surface area contributed by atoms with Gasteiger partial charge in [0.2, 0.25) is 0 Å². The predicted octanol–water partition coefficient (Wildman–Crippen LogP) is 12.3. The monoisotopic (exact) mass is 755 g/mol. The number of hydrogen-bond donors (Lipinski definition) is 0. The third-order valence-corrected chi connectivity index (χ3v) is 11.7. The number of hydrogen-bond acceptors (Lipinski definition) is 5. The summed E-state index contributed by atoms with van der Waals surface area (Å²) >= 11 is 0. The molecule has 1 unspecified atom stereocenters. The molecule has 2 aromatic heterocycles. The van der Waals surface area contributed by atoms with E-state index in [1.807, 2.05) is 72.8 Å². The Balaban J connectivity index is 1.13. The highest BCUT2D eigenvalue weighted by Gasteiger charge is 2.51. The van der Waals surface area contributed by atoms with Crippen molar-refractivity contribution < 1.29 is 4.74 Å². The molecule has 6 heteroatoms. The molecule has 1 atom stereocenters. The molecule has 0 radical (unpaired) electrons. The maximum atomic E-state index is 6.86. The lowest BCUT2D eigenvalue weighted by molar-refractivity contribution is 0.436. The molecule has 6 nitrogen and oxygen atoms in total. The van der Waals surface area contributed by atoms with Crippen LogP contribution in [0.4, 0.5) is 0 Å². The summed E-state index contributed by atoms with van der Waals surface area (Å²) < 4.78 is 9.13. The van der Waals surface area contributed by atoms with Gasteiger partial charge in [-0.05, 0) is 64.7 Å². The quantitative estimate of drug-likeness (QED) is 0.175. The van der Waals surface area contributed by atoms with Gasteiger partial charge in [0.1, 0.15) is 17.3 Å². The van der Waals surface area contributed by atoms with E-state index in [-0.39, 0.29) is 0 Å². The SMILES string of the molecule is c1ccc(-c2nc(-c3ccccc3)nc(-c3ccc4c(c3)C3(c5ccccc5Oc5ccc(-n6c(-c7ccccc7)nc7ccccc76)cc53)c3ccccc3-4)n2)cc1. The molecule has 2 aliphatic rings. The fourth-order valence-corrected chi connectivity index (χ4v) is 9.17. The minimum atomic E-state index is -0.733. The fraction of sp³-hybridized carbons (Fsp3) is 0.0189. The van der Waals surface area contributed by atoms with E-state index in [1.54, 1.807) is 0 Å². The molecule has 3 heterocycles. The topological polar surface area (TPSA) is 65.7 Å². The minimum absolute atomic E-state index is 0.610. The number of fused-ring (bicyclic) bond motifs is 10. The summed E-state index contributed by atoms with van der Waals surface area (Å²) in [6, 6.07) is 69.6. The van der Waals surface area contributed by atoms with Crippen molar-refractivity contribution in [2.45, 2.75) is 5.41 Å². The maximum Gasteiger partial charge on any atom is 0.164 e. The number of ether oxygens (including phenoxy) is 1. The minimum Gasteiger partial charge on any atom is -0.457 e. The molecule has 0 bridgehead atoms. The highest BCUT2D eigenvalue weighted by atomic mass is 16.5. The van der Waals surface area contributed by atoms with Crippen LogP contribution in [0.3, 0.4) is 0 Å². The average Bonchev–Trinajstić information content (AvgIpc) is 3.84. The van der Waals surface area contributed by atoms with Crippen molar-refractivity contribution in [1.82, 2.24) is 24.5 Å². The average molecular weight is 756 g/mol. The van der Waals surface area contributed by atoms with Crippen LogP contribution in [0.5, 0.6) is 11.5 Å². The molecule has 0 saturated heterocycles. The van der Waals surface area contributed by atoms with E-state index in [0.717, 1.165) is 78.6 Å². The molecule has 0 saturated carbocycles. The molecule has 0 fully saturated rings. The van der Waals surface area contributed by atoms with Gasteiger partial charge in [-0.3, -0.25) is 4.57 Å². The van der Waals surface area contributed by atoms with Crippen LogP contribution in [0, 0.1) is 0 Å². The number of aromatic nitrogens is 5. The second kappa shape index (κ2) is 13.0. The molecule has 1 aliphatic heterocycles. The van der Waals surface area contributed by atoms with E-state index in [0.29, 0.717) is 17.5 Å². The van der Waals surface area contributed by atoms with Crippen LogP contribution in [0.15, 0.2) is 200 Å². The van der Waals surface area contributed by atoms with Crippen LogP contribution < -0.4 is 4.74 Å². The van der Waals surface area contributed by atoms with E-state index in [9.17, 15) is 0 Å². The van der Waals surface area contributed by atoms with Crippen molar-refractivity contribution in [2.24, 2.45) is 0 Å². The molecular weight excluding hydrogens is 723 g/mol. The van der Waals surface area contributed by atoms with E-state index in [1.165, 1.54) is 11.1 Å². The Morgan fingerprint density at radius 2 is 0.932 bits per heavy atom. The van der Waals surface area contributed by atoms with Crippen LogP contribution in [0.1, 0.15) is 22.3 Å². The largest absolute Gasteiger partial charge is 0.457 e. The zero-order valence-corrected chi connectivity index (χ0v) is 31.7. The Bertz CT molecular complexity index is 3190. The number of nitrogens with zero attached hydrogens (tertiary/aromatic N) is 5. The third kappa shape index (κ3) is 5.06. The number of rotatable bonds is 5. The van der Waals surface area contributed by atoms with Crippen molar-refractivity contribution in [3.63, 3.8) is 0 Å². The molecule has 8 aromatic carbocycles. The van der Waals surface area contributed by atoms with Crippen LogP contribution >= 0.6 is 0 Å². The highest BCUT2D eigenvalue weighted by Crippen LogP contribution is 2.62. The van der Waals surface area contributed by atoms with Gasteiger partial charge in [-0.1, -0.05) is 158 Å². The molecule has 1 spiro atoms. The van der Waals surface area contributed by atoms with Crippen LogP contribution in [0.25, 0.3) is 73.4 Å². The second-order valence-electron chi connectivity index (χ2n) is 15.0. The van der Waals surface area contributed by atoms with Crippen molar-refractivity contribution in [2.75, 3.05) is 0 Å². The maximum absolute atomic E-state index is 6.86. The van der Waals surface area contributed by atoms with Crippen molar-refractivity contribution in [3.05, 3.63) is 222 Å². The summed E-state index contributed by atoms with van der Waals surface area (Å²) in [5.74, 6) is 4.38. The lowest BCUT2D eigenvalue weighted by Gasteiger charge is -2.39. The van der Waals surface area contributed by atoms with E-state index in [2.05, 4.69) is 132 Å². The summed E-state index contributed by atoms with van der Waals surface area (Å²) in [4.78, 5) is 20.5. The summed E-state index contributed by atoms with van der Waals surface area (Å²) in [5, 5.41) is 0. The van der Waals surface area contributed by atoms with Crippen molar-refractivity contribution in [1.29, 1.82) is 0 Å². The normalized spacial score (nSPS) is 14.6. The molecule has 0 N–H and O–H groups in total. The zero-order valence-electron chi connectivity index (χ0n) is 31.7. The number of para-hydroxylation sites is 3. The van der Waals surface area contributed by atoms with Crippen LogP contribution in [0.2, 0.25) is 0 Å². The summed E-state index contributed by atoms with van der Waals surface area (Å²) in [5.41, 5.74) is 12.9. The summed E-state index contributed by atoms with van der Waals surface area (Å²) in [6.07, 6.45) is 0. The first-order valence-electron chi connectivity index (χ1n) is 19.8. The smallest absolute Gasteiger partial charge is 0.164 e. The number of benzene rings is 8. The molecule has 10 aromatic rings. The Kier molecular flexibility index (Phi) is 7.34. The highest BCUT2D eigenvalue weighted by molar-refractivity contribution is 5.91. The van der Waals surface area contributed by atoms with E-state index in [4.69, 9.17) is 24.7 Å². The third-order valence-electron chi connectivity index (χ3n) is 11.7. The molecule has 12 rings (SSSR count). The predicted molar refractivity (Wildman–Crippen MR) is 234 cm³/mol. The lowest BCUT2D eigenvalue weighted by Crippen LogP contribution is -2.32. The second-order valence-corrected chi connectivity index (χ2v) is 15.0. The Morgan fingerprint density at radius 3 is 1.66 bits per heavy atom. The van der Waals surface area contributed by atoms with Gasteiger partial charge < -0.3 is 4.74 Å².